The van der Waals surface area contributed by atoms with Gasteiger partial charge in [0.1, 0.15) is 0 Å². The molecule has 0 saturated heterocycles. The second kappa shape index (κ2) is 11.7. The van der Waals surface area contributed by atoms with Crippen molar-refractivity contribution in [2.75, 3.05) is 19.3 Å². The third kappa shape index (κ3) is 7.40. The first-order valence-electron chi connectivity index (χ1n) is 7.77. The summed E-state index contributed by atoms with van der Waals surface area (Å²) in [5.74, 6) is 0.856. The minimum absolute atomic E-state index is 0. The number of thiazole rings is 1. The first kappa shape index (κ1) is 21.2. The van der Waals surface area contributed by atoms with Gasteiger partial charge in [0.2, 0.25) is 0 Å². The second-order valence-electron chi connectivity index (χ2n) is 5.08. The number of guanidine groups is 1. The van der Waals surface area contributed by atoms with Crippen molar-refractivity contribution in [2.24, 2.45) is 4.99 Å². The number of aromatic nitrogens is 1. The molecule has 0 aliphatic carbocycles. The molecule has 0 aliphatic rings. The number of halogens is 1. The van der Waals surface area contributed by atoms with Gasteiger partial charge in [0.15, 0.2) is 5.96 Å². The van der Waals surface area contributed by atoms with Crippen molar-refractivity contribution >= 4 is 53.0 Å². The fourth-order valence-electron chi connectivity index (χ4n) is 2.05. The van der Waals surface area contributed by atoms with Crippen LogP contribution in [0, 0.1) is 6.92 Å². The van der Waals surface area contributed by atoms with Crippen molar-refractivity contribution in [3.63, 3.8) is 0 Å². The Kier molecular flexibility index (Phi) is 10.4. The maximum Gasteiger partial charge on any atom is 0.191 e. The van der Waals surface area contributed by atoms with Gasteiger partial charge in [0, 0.05) is 35.5 Å². The van der Waals surface area contributed by atoms with Crippen LogP contribution in [0.5, 0.6) is 0 Å². The van der Waals surface area contributed by atoms with E-state index >= 15 is 0 Å². The third-order valence-electron chi connectivity index (χ3n) is 3.22. The number of aryl methyl sites for hydroxylation is 1. The number of hydrogen-bond donors (Lipinski definition) is 2. The Morgan fingerprint density at radius 3 is 2.58 bits per heavy atom. The van der Waals surface area contributed by atoms with E-state index in [1.165, 1.54) is 20.3 Å². The van der Waals surface area contributed by atoms with Crippen LogP contribution in [-0.4, -0.2) is 30.3 Å². The van der Waals surface area contributed by atoms with E-state index < -0.39 is 0 Å². The minimum atomic E-state index is 0. The molecule has 0 aliphatic heterocycles. The Hall–Kier alpha value is -0.800. The molecule has 0 atom stereocenters. The molecule has 2 aromatic rings. The van der Waals surface area contributed by atoms with Crippen LogP contribution in [0.2, 0.25) is 0 Å². The zero-order chi connectivity index (χ0) is 16.5. The van der Waals surface area contributed by atoms with E-state index in [0.717, 1.165) is 25.5 Å². The first-order chi connectivity index (χ1) is 11.2. The molecule has 1 heterocycles. The Balaban J connectivity index is 0.00000288. The van der Waals surface area contributed by atoms with Gasteiger partial charge in [0.25, 0.3) is 0 Å². The SMILES string of the molecule is CCNC(=NCc1ccc(SC)cc1)NCCc1ncc(C)s1.I. The van der Waals surface area contributed by atoms with Gasteiger partial charge < -0.3 is 10.6 Å². The molecule has 24 heavy (non-hydrogen) atoms. The van der Waals surface area contributed by atoms with Crippen LogP contribution in [0.1, 0.15) is 22.4 Å². The lowest BCUT2D eigenvalue weighted by molar-refractivity contribution is 0.796. The number of rotatable bonds is 7. The summed E-state index contributed by atoms with van der Waals surface area (Å²) >= 11 is 3.51. The topological polar surface area (TPSA) is 49.3 Å². The van der Waals surface area contributed by atoms with Gasteiger partial charge >= 0.3 is 0 Å². The highest BCUT2D eigenvalue weighted by Crippen LogP contribution is 2.15. The second-order valence-corrected chi connectivity index (χ2v) is 7.28. The van der Waals surface area contributed by atoms with E-state index in [9.17, 15) is 0 Å². The molecule has 0 unspecified atom stereocenters. The smallest absolute Gasteiger partial charge is 0.191 e. The average Bonchev–Trinajstić information content (AvgIpc) is 2.98. The molecule has 2 N–H and O–H groups in total. The predicted octanol–water partition coefficient (Wildman–Crippen LogP) is 4.09. The number of hydrogen-bond acceptors (Lipinski definition) is 4. The Morgan fingerprint density at radius 2 is 2.00 bits per heavy atom. The number of nitrogens with one attached hydrogen (secondary N) is 2. The molecule has 7 heteroatoms. The Labute approximate surface area is 170 Å². The quantitative estimate of drug-likeness (QED) is 0.274. The van der Waals surface area contributed by atoms with Gasteiger partial charge in [-0.25, -0.2) is 9.98 Å². The van der Waals surface area contributed by atoms with Crippen LogP contribution in [-0.2, 0) is 13.0 Å². The lowest BCUT2D eigenvalue weighted by Crippen LogP contribution is -2.38. The zero-order valence-electron chi connectivity index (χ0n) is 14.3. The number of nitrogens with zero attached hydrogens (tertiary/aromatic N) is 2. The molecular formula is C17H25IN4S2. The maximum absolute atomic E-state index is 4.65. The van der Waals surface area contributed by atoms with Crippen LogP contribution < -0.4 is 10.6 Å². The van der Waals surface area contributed by atoms with Crippen molar-refractivity contribution in [3.8, 4) is 0 Å². The van der Waals surface area contributed by atoms with Crippen molar-refractivity contribution < 1.29 is 0 Å². The van der Waals surface area contributed by atoms with Gasteiger partial charge in [-0.3, -0.25) is 0 Å². The van der Waals surface area contributed by atoms with Crippen LogP contribution in [0.4, 0.5) is 0 Å². The highest BCUT2D eigenvalue weighted by atomic mass is 127. The van der Waals surface area contributed by atoms with E-state index in [1.54, 1.807) is 23.1 Å². The maximum atomic E-state index is 4.65. The average molecular weight is 476 g/mol. The van der Waals surface area contributed by atoms with Crippen molar-refractivity contribution in [1.29, 1.82) is 0 Å². The summed E-state index contributed by atoms with van der Waals surface area (Å²) in [5, 5.41) is 7.82. The van der Waals surface area contributed by atoms with E-state index in [-0.39, 0.29) is 24.0 Å². The van der Waals surface area contributed by atoms with E-state index in [1.807, 2.05) is 6.20 Å². The molecule has 4 nitrogen and oxygen atoms in total. The van der Waals surface area contributed by atoms with Crippen LogP contribution in [0.3, 0.4) is 0 Å². The first-order valence-corrected chi connectivity index (χ1v) is 9.81. The van der Waals surface area contributed by atoms with Crippen LogP contribution >= 0.6 is 47.1 Å². The van der Waals surface area contributed by atoms with E-state index in [0.29, 0.717) is 6.54 Å². The molecule has 0 saturated carbocycles. The molecule has 132 valence electrons. The molecule has 0 radical (unpaired) electrons. The number of benzene rings is 1. The largest absolute Gasteiger partial charge is 0.357 e. The fourth-order valence-corrected chi connectivity index (χ4v) is 3.24. The lowest BCUT2D eigenvalue weighted by atomic mass is 10.2. The van der Waals surface area contributed by atoms with Crippen molar-refractivity contribution in [1.82, 2.24) is 15.6 Å². The highest BCUT2D eigenvalue weighted by molar-refractivity contribution is 14.0. The van der Waals surface area contributed by atoms with Crippen molar-refractivity contribution in [3.05, 3.63) is 45.9 Å². The molecular weight excluding hydrogens is 451 g/mol. The summed E-state index contributed by atoms with van der Waals surface area (Å²) in [6, 6.07) is 8.55. The minimum Gasteiger partial charge on any atom is -0.357 e. The number of thioether (sulfide) groups is 1. The molecule has 0 bridgehead atoms. The standard InChI is InChI=1S/C17H24N4S2.HI/c1-4-18-17(19-10-9-16-20-11-13(2)23-16)21-12-14-5-7-15(22-3)8-6-14;/h5-8,11H,4,9-10,12H2,1-3H3,(H2,18,19,21);1H. The summed E-state index contributed by atoms with van der Waals surface area (Å²) in [6.45, 7) is 6.54. The van der Waals surface area contributed by atoms with E-state index in [4.69, 9.17) is 0 Å². The van der Waals surface area contributed by atoms with Gasteiger partial charge in [-0.05, 0) is 37.8 Å². The van der Waals surface area contributed by atoms with Crippen molar-refractivity contribution in [2.45, 2.75) is 31.7 Å². The molecule has 0 fully saturated rings. The fraction of sp³-hybridized carbons (Fsp3) is 0.412. The van der Waals surface area contributed by atoms with Gasteiger partial charge in [-0.15, -0.1) is 47.1 Å². The normalized spacial score (nSPS) is 11.0. The molecule has 0 spiro atoms. The summed E-state index contributed by atoms with van der Waals surface area (Å²) in [6.07, 6.45) is 4.94. The third-order valence-corrected chi connectivity index (χ3v) is 4.94. The monoisotopic (exact) mass is 476 g/mol. The van der Waals surface area contributed by atoms with Crippen LogP contribution in [0.25, 0.3) is 0 Å². The summed E-state index contributed by atoms with van der Waals surface area (Å²) in [5.41, 5.74) is 1.22. The zero-order valence-corrected chi connectivity index (χ0v) is 18.3. The van der Waals surface area contributed by atoms with Gasteiger partial charge in [-0.2, -0.15) is 0 Å². The predicted molar refractivity (Wildman–Crippen MR) is 117 cm³/mol. The van der Waals surface area contributed by atoms with E-state index in [2.05, 4.69) is 65.0 Å². The molecule has 1 aromatic heterocycles. The summed E-state index contributed by atoms with van der Waals surface area (Å²) < 4.78 is 0. The summed E-state index contributed by atoms with van der Waals surface area (Å²) in [4.78, 5) is 11.6. The molecule has 1 aromatic carbocycles. The van der Waals surface area contributed by atoms with Gasteiger partial charge in [-0.1, -0.05) is 12.1 Å². The Bertz CT molecular complexity index is 626. The van der Waals surface area contributed by atoms with Crippen LogP contribution in [0.15, 0.2) is 40.4 Å². The lowest BCUT2D eigenvalue weighted by Gasteiger charge is -2.10. The Morgan fingerprint density at radius 1 is 1.25 bits per heavy atom. The van der Waals surface area contributed by atoms with Gasteiger partial charge in [0.05, 0.1) is 11.6 Å². The highest BCUT2D eigenvalue weighted by Gasteiger charge is 2.01. The summed E-state index contributed by atoms with van der Waals surface area (Å²) in [7, 11) is 0. The molecule has 0 amide bonds. The number of aliphatic imine (C=N–C) groups is 1. The molecule has 2 rings (SSSR count).